The monoisotopic (exact) mass is 394 g/mol. The minimum atomic E-state index is -0.0826. The quantitative estimate of drug-likeness (QED) is 0.801. The van der Waals surface area contributed by atoms with E-state index in [9.17, 15) is 4.79 Å². The highest BCUT2D eigenvalue weighted by atomic mass is 127. The Labute approximate surface area is 128 Å². The van der Waals surface area contributed by atoms with E-state index in [4.69, 9.17) is 11.6 Å². The molecule has 3 nitrogen and oxygen atoms in total. The van der Waals surface area contributed by atoms with E-state index in [0.29, 0.717) is 19.6 Å². The Kier molecular flexibility index (Phi) is 4.45. The molecule has 2 aromatic heterocycles. The third-order valence-corrected chi connectivity index (χ3v) is 4.69. The van der Waals surface area contributed by atoms with Gasteiger partial charge in [0.25, 0.3) is 5.56 Å². The first-order chi connectivity index (χ1) is 8.47. The van der Waals surface area contributed by atoms with E-state index < -0.39 is 0 Å². The number of hydrogen-bond acceptors (Lipinski definition) is 3. The van der Waals surface area contributed by atoms with E-state index in [-0.39, 0.29) is 5.56 Å². The summed E-state index contributed by atoms with van der Waals surface area (Å²) < 4.78 is 1.37. The van der Waals surface area contributed by atoms with Gasteiger partial charge in [0, 0.05) is 0 Å². The molecule has 0 aliphatic heterocycles. The summed E-state index contributed by atoms with van der Waals surface area (Å²) >= 11 is 9.37. The Balaban J connectivity index is 2.50. The van der Waals surface area contributed by atoms with Crippen molar-refractivity contribution in [2.45, 2.75) is 20.3 Å². The Hall–Kier alpha value is -0.400. The first kappa shape index (κ1) is 14.0. The van der Waals surface area contributed by atoms with E-state index in [0.717, 1.165) is 17.0 Å². The zero-order chi connectivity index (χ0) is 13.3. The van der Waals surface area contributed by atoms with Gasteiger partial charge in [-0.3, -0.25) is 4.79 Å². The standard InChI is InChI=1S/C12H12ClIN2OS/c1-6(2)5-7-10(14)12(17)16-11(15-7)8-3-4-9(13)18-8/h3-4,6H,5H2,1-2H3,(H,15,16,17). The predicted molar refractivity (Wildman–Crippen MR) is 84.4 cm³/mol. The Morgan fingerprint density at radius 3 is 2.78 bits per heavy atom. The molecular weight excluding hydrogens is 383 g/mol. The van der Waals surface area contributed by atoms with Gasteiger partial charge in [-0.25, -0.2) is 4.98 Å². The Morgan fingerprint density at radius 1 is 1.50 bits per heavy atom. The van der Waals surface area contributed by atoms with E-state index in [1.165, 1.54) is 11.3 Å². The smallest absolute Gasteiger partial charge is 0.264 e. The summed E-state index contributed by atoms with van der Waals surface area (Å²) in [5.74, 6) is 1.07. The van der Waals surface area contributed by atoms with Gasteiger partial charge in [-0.2, -0.15) is 0 Å². The van der Waals surface area contributed by atoms with Crippen molar-refractivity contribution in [3.8, 4) is 10.7 Å². The molecule has 0 fully saturated rings. The lowest BCUT2D eigenvalue weighted by Gasteiger charge is -2.07. The highest BCUT2D eigenvalue weighted by molar-refractivity contribution is 14.1. The van der Waals surface area contributed by atoms with Gasteiger partial charge in [0.05, 0.1) is 18.5 Å². The molecule has 0 unspecified atom stereocenters. The molecule has 0 radical (unpaired) electrons. The summed E-state index contributed by atoms with van der Waals surface area (Å²) in [5, 5.41) is 0. The van der Waals surface area contributed by atoms with Crippen molar-refractivity contribution in [1.29, 1.82) is 0 Å². The first-order valence-corrected chi connectivity index (χ1v) is 7.79. The number of nitrogens with zero attached hydrogens (tertiary/aromatic N) is 1. The van der Waals surface area contributed by atoms with Gasteiger partial charge >= 0.3 is 0 Å². The number of rotatable bonds is 3. The van der Waals surface area contributed by atoms with Gasteiger partial charge < -0.3 is 4.98 Å². The average Bonchev–Trinajstić information content (AvgIpc) is 2.70. The maximum absolute atomic E-state index is 11.9. The maximum Gasteiger partial charge on any atom is 0.264 e. The molecule has 0 atom stereocenters. The molecule has 0 amide bonds. The van der Waals surface area contributed by atoms with Crippen LogP contribution < -0.4 is 5.56 Å². The van der Waals surface area contributed by atoms with Crippen molar-refractivity contribution >= 4 is 45.5 Å². The minimum absolute atomic E-state index is 0.0826. The van der Waals surface area contributed by atoms with Crippen LogP contribution in [0, 0.1) is 9.49 Å². The highest BCUT2D eigenvalue weighted by Crippen LogP contribution is 2.28. The number of hydrogen-bond donors (Lipinski definition) is 1. The number of aromatic nitrogens is 2. The molecule has 2 rings (SSSR count). The summed E-state index contributed by atoms with van der Waals surface area (Å²) in [5.41, 5.74) is 0.773. The van der Waals surface area contributed by atoms with Crippen LogP contribution in [0.3, 0.4) is 0 Å². The molecule has 0 saturated heterocycles. The molecular formula is C12H12ClIN2OS. The second kappa shape index (κ2) is 5.71. The van der Waals surface area contributed by atoms with Crippen LogP contribution >= 0.6 is 45.5 Å². The summed E-state index contributed by atoms with van der Waals surface area (Å²) in [7, 11) is 0. The molecule has 2 heterocycles. The topological polar surface area (TPSA) is 45.8 Å². The zero-order valence-corrected chi connectivity index (χ0v) is 13.7. The van der Waals surface area contributed by atoms with Gasteiger partial charge in [-0.15, -0.1) is 11.3 Å². The number of H-pyrrole nitrogens is 1. The number of nitrogens with one attached hydrogen (secondary N) is 1. The van der Waals surface area contributed by atoms with Gasteiger partial charge in [0.2, 0.25) is 0 Å². The van der Waals surface area contributed by atoms with Gasteiger partial charge in [-0.1, -0.05) is 25.4 Å². The molecule has 0 aromatic carbocycles. The molecule has 6 heteroatoms. The number of thiophene rings is 1. The van der Waals surface area contributed by atoms with Gasteiger partial charge in [0.1, 0.15) is 0 Å². The first-order valence-electron chi connectivity index (χ1n) is 5.51. The summed E-state index contributed by atoms with van der Waals surface area (Å²) in [6, 6.07) is 3.68. The number of halogens is 2. The highest BCUT2D eigenvalue weighted by Gasteiger charge is 2.12. The van der Waals surface area contributed by atoms with Crippen LogP contribution in [0.5, 0.6) is 0 Å². The van der Waals surface area contributed by atoms with Crippen LogP contribution in [0.1, 0.15) is 19.5 Å². The summed E-state index contributed by atoms with van der Waals surface area (Å²) in [4.78, 5) is 20.1. The van der Waals surface area contributed by atoms with Crippen LogP contribution in [0.15, 0.2) is 16.9 Å². The molecule has 0 aliphatic carbocycles. The predicted octanol–water partition coefficient (Wildman–Crippen LogP) is 3.95. The second-order valence-corrected chi connectivity index (χ2v) is 7.17. The Morgan fingerprint density at radius 2 is 2.22 bits per heavy atom. The van der Waals surface area contributed by atoms with Crippen LogP contribution in [-0.4, -0.2) is 9.97 Å². The molecule has 0 bridgehead atoms. The fourth-order valence-electron chi connectivity index (χ4n) is 1.59. The summed E-state index contributed by atoms with van der Waals surface area (Å²) in [6.07, 6.45) is 0.800. The number of aromatic amines is 1. The van der Waals surface area contributed by atoms with E-state index in [1.54, 1.807) is 0 Å². The fraction of sp³-hybridized carbons (Fsp3) is 0.333. The molecule has 18 heavy (non-hydrogen) atoms. The van der Waals surface area contributed by atoms with Gasteiger partial charge in [0.15, 0.2) is 5.82 Å². The lowest BCUT2D eigenvalue weighted by atomic mass is 10.1. The maximum atomic E-state index is 11.9. The third kappa shape index (κ3) is 3.13. The van der Waals surface area contributed by atoms with E-state index in [1.807, 2.05) is 12.1 Å². The normalized spacial score (nSPS) is 11.2. The molecule has 0 saturated carbocycles. The van der Waals surface area contributed by atoms with Crippen molar-refractivity contribution in [3.63, 3.8) is 0 Å². The molecule has 0 spiro atoms. The van der Waals surface area contributed by atoms with Crippen molar-refractivity contribution in [3.05, 3.63) is 36.1 Å². The lowest BCUT2D eigenvalue weighted by Crippen LogP contribution is -2.17. The average molecular weight is 395 g/mol. The minimum Gasteiger partial charge on any atom is -0.305 e. The second-order valence-electron chi connectivity index (χ2n) is 4.38. The molecule has 2 aromatic rings. The van der Waals surface area contributed by atoms with E-state index >= 15 is 0 Å². The zero-order valence-electron chi connectivity index (χ0n) is 9.96. The van der Waals surface area contributed by atoms with Crippen LogP contribution in [0.25, 0.3) is 10.7 Å². The molecule has 1 N–H and O–H groups in total. The van der Waals surface area contributed by atoms with Crippen molar-refractivity contribution in [2.75, 3.05) is 0 Å². The van der Waals surface area contributed by atoms with Crippen molar-refractivity contribution < 1.29 is 0 Å². The van der Waals surface area contributed by atoms with E-state index in [2.05, 4.69) is 46.4 Å². The third-order valence-electron chi connectivity index (χ3n) is 2.34. The fourth-order valence-corrected chi connectivity index (χ4v) is 3.05. The molecule has 0 aliphatic rings. The molecule has 96 valence electrons. The van der Waals surface area contributed by atoms with Crippen molar-refractivity contribution in [1.82, 2.24) is 9.97 Å². The Bertz CT molecular complexity index is 621. The van der Waals surface area contributed by atoms with Crippen LogP contribution in [0.4, 0.5) is 0 Å². The largest absolute Gasteiger partial charge is 0.305 e. The lowest BCUT2D eigenvalue weighted by molar-refractivity contribution is 0.631. The van der Waals surface area contributed by atoms with Crippen LogP contribution in [-0.2, 0) is 6.42 Å². The van der Waals surface area contributed by atoms with Gasteiger partial charge in [-0.05, 0) is 47.1 Å². The SMILES string of the molecule is CC(C)Cc1nc(-c2ccc(Cl)s2)[nH]c(=O)c1I. The summed E-state index contributed by atoms with van der Waals surface area (Å²) in [6.45, 7) is 4.22. The van der Waals surface area contributed by atoms with Crippen molar-refractivity contribution in [2.24, 2.45) is 5.92 Å². The van der Waals surface area contributed by atoms with Crippen LogP contribution in [0.2, 0.25) is 4.34 Å².